The van der Waals surface area contributed by atoms with Crippen molar-refractivity contribution in [3.05, 3.63) is 34.4 Å². The van der Waals surface area contributed by atoms with Crippen LogP contribution in [0.5, 0.6) is 0 Å². The molecule has 0 bridgehead atoms. The Labute approximate surface area is 115 Å². The van der Waals surface area contributed by atoms with Crippen molar-refractivity contribution in [3.8, 4) is 11.3 Å². The number of hydrogen-bond donors (Lipinski definition) is 1. The largest absolute Gasteiger partial charge is 0.315 e. The molecule has 1 saturated heterocycles. The monoisotopic (exact) mass is 282 g/mol. The van der Waals surface area contributed by atoms with E-state index in [-0.39, 0.29) is 0 Å². The van der Waals surface area contributed by atoms with Gasteiger partial charge in [0.25, 0.3) is 0 Å². The molecule has 2 heterocycles. The van der Waals surface area contributed by atoms with Crippen LogP contribution in [0.15, 0.2) is 24.4 Å². The molecule has 1 unspecified atom stereocenters. The fraction of sp³-hybridized carbons (Fsp3) is 0.333. The zero-order valence-corrected chi connectivity index (χ0v) is 11.1. The van der Waals surface area contributed by atoms with Crippen LogP contribution in [0.25, 0.3) is 11.3 Å². The Kier molecular flexibility index (Phi) is 3.24. The van der Waals surface area contributed by atoms with Gasteiger partial charge in [0, 0.05) is 22.2 Å². The third-order valence-electron chi connectivity index (χ3n) is 3.11. The number of aromatic nitrogens is 3. The highest BCUT2D eigenvalue weighted by atomic mass is 35.5. The predicted octanol–water partition coefficient (Wildman–Crippen LogP) is 2.79. The standard InChI is InChI=1S/C12H12Cl2N4/c13-9-3-8(4-10(14)5-9)12-7-16-17-18(12)11-1-2-15-6-11/h3-5,7,11,15H,1-2,6H2. The van der Waals surface area contributed by atoms with Crippen LogP contribution in [0, 0.1) is 0 Å². The number of hydrogen-bond acceptors (Lipinski definition) is 3. The first-order valence-electron chi connectivity index (χ1n) is 5.81. The molecule has 3 rings (SSSR count). The number of benzene rings is 1. The molecule has 0 radical (unpaired) electrons. The molecule has 18 heavy (non-hydrogen) atoms. The maximum atomic E-state index is 6.03. The Morgan fingerprint density at radius 1 is 1.22 bits per heavy atom. The second kappa shape index (κ2) is 4.88. The van der Waals surface area contributed by atoms with Gasteiger partial charge < -0.3 is 5.32 Å². The van der Waals surface area contributed by atoms with Crippen LogP contribution in [0.2, 0.25) is 10.0 Å². The summed E-state index contributed by atoms with van der Waals surface area (Å²) in [6, 6.07) is 5.83. The average Bonchev–Trinajstić information content (AvgIpc) is 2.98. The Morgan fingerprint density at radius 3 is 2.67 bits per heavy atom. The van der Waals surface area contributed by atoms with E-state index in [1.165, 1.54) is 0 Å². The highest BCUT2D eigenvalue weighted by molar-refractivity contribution is 6.35. The predicted molar refractivity (Wildman–Crippen MR) is 72.0 cm³/mol. The Balaban J connectivity index is 2.03. The van der Waals surface area contributed by atoms with Crippen LogP contribution in [0.1, 0.15) is 12.5 Å². The molecular weight excluding hydrogens is 271 g/mol. The molecule has 1 aliphatic rings. The van der Waals surface area contributed by atoms with Gasteiger partial charge >= 0.3 is 0 Å². The van der Waals surface area contributed by atoms with E-state index in [4.69, 9.17) is 23.2 Å². The van der Waals surface area contributed by atoms with Gasteiger partial charge in [0.15, 0.2) is 0 Å². The molecule has 1 aliphatic heterocycles. The third-order valence-corrected chi connectivity index (χ3v) is 3.55. The van der Waals surface area contributed by atoms with Crippen molar-refractivity contribution in [2.45, 2.75) is 12.5 Å². The van der Waals surface area contributed by atoms with Gasteiger partial charge in [-0.3, -0.25) is 0 Å². The van der Waals surface area contributed by atoms with Crippen molar-refractivity contribution < 1.29 is 0 Å². The van der Waals surface area contributed by atoms with Crippen molar-refractivity contribution >= 4 is 23.2 Å². The zero-order valence-electron chi connectivity index (χ0n) is 9.61. The lowest BCUT2D eigenvalue weighted by Gasteiger charge is -2.12. The van der Waals surface area contributed by atoms with Gasteiger partial charge in [0.2, 0.25) is 0 Å². The summed E-state index contributed by atoms with van der Waals surface area (Å²) in [5, 5.41) is 12.7. The molecule has 0 amide bonds. The molecule has 1 atom stereocenters. The van der Waals surface area contributed by atoms with Crippen molar-refractivity contribution in [3.63, 3.8) is 0 Å². The van der Waals surface area contributed by atoms with E-state index in [0.29, 0.717) is 16.1 Å². The maximum absolute atomic E-state index is 6.03. The fourth-order valence-electron chi connectivity index (χ4n) is 2.27. The molecule has 0 aliphatic carbocycles. The van der Waals surface area contributed by atoms with Gasteiger partial charge in [-0.2, -0.15) is 0 Å². The van der Waals surface area contributed by atoms with E-state index in [1.807, 2.05) is 16.8 Å². The highest BCUT2D eigenvalue weighted by Crippen LogP contribution is 2.29. The summed E-state index contributed by atoms with van der Waals surface area (Å²) in [5.41, 5.74) is 1.90. The van der Waals surface area contributed by atoms with E-state index in [1.54, 1.807) is 12.3 Å². The number of nitrogens with zero attached hydrogens (tertiary/aromatic N) is 3. The molecule has 94 valence electrons. The van der Waals surface area contributed by atoms with E-state index in [2.05, 4.69) is 15.6 Å². The summed E-state index contributed by atoms with van der Waals surface area (Å²) in [7, 11) is 0. The minimum Gasteiger partial charge on any atom is -0.315 e. The van der Waals surface area contributed by atoms with Crippen LogP contribution in [0.3, 0.4) is 0 Å². The first kappa shape index (κ1) is 12.0. The molecule has 2 aromatic rings. The summed E-state index contributed by atoms with van der Waals surface area (Å²) < 4.78 is 1.95. The molecule has 0 saturated carbocycles. The molecule has 0 spiro atoms. The molecule has 4 nitrogen and oxygen atoms in total. The second-order valence-electron chi connectivity index (χ2n) is 4.37. The van der Waals surface area contributed by atoms with E-state index >= 15 is 0 Å². The van der Waals surface area contributed by atoms with Crippen LogP contribution < -0.4 is 5.32 Å². The molecule has 1 N–H and O–H groups in total. The summed E-state index contributed by atoms with van der Waals surface area (Å²) >= 11 is 12.1. The quantitative estimate of drug-likeness (QED) is 0.921. The summed E-state index contributed by atoms with van der Waals surface area (Å²) in [4.78, 5) is 0. The number of nitrogens with one attached hydrogen (secondary N) is 1. The lowest BCUT2D eigenvalue weighted by molar-refractivity contribution is 0.481. The van der Waals surface area contributed by atoms with E-state index < -0.39 is 0 Å². The van der Waals surface area contributed by atoms with Gasteiger partial charge in [0.1, 0.15) is 0 Å². The van der Waals surface area contributed by atoms with Gasteiger partial charge in [-0.05, 0) is 31.2 Å². The number of halogens is 2. The lowest BCUT2D eigenvalue weighted by atomic mass is 10.1. The zero-order chi connectivity index (χ0) is 12.5. The minimum absolute atomic E-state index is 0.347. The van der Waals surface area contributed by atoms with Crippen molar-refractivity contribution in [1.29, 1.82) is 0 Å². The Morgan fingerprint density at radius 2 is 2.00 bits per heavy atom. The highest BCUT2D eigenvalue weighted by Gasteiger charge is 2.20. The van der Waals surface area contributed by atoms with Gasteiger partial charge in [-0.25, -0.2) is 4.68 Å². The minimum atomic E-state index is 0.347. The topological polar surface area (TPSA) is 42.7 Å². The number of rotatable bonds is 2. The van der Waals surface area contributed by atoms with Crippen LogP contribution in [-0.4, -0.2) is 28.1 Å². The first-order valence-corrected chi connectivity index (χ1v) is 6.57. The van der Waals surface area contributed by atoms with Crippen LogP contribution >= 0.6 is 23.2 Å². The Hall–Kier alpha value is -1.10. The molecular formula is C12H12Cl2N4. The van der Waals surface area contributed by atoms with Crippen molar-refractivity contribution in [2.24, 2.45) is 0 Å². The van der Waals surface area contributed by atoms with Gasteiger partial charge in [-0.15, -0.1) is 5.10 Å². The maximum Gasteiger partial charge on any atom is 0.0890 e. The van der Waals surface area contributed by atoms with E-state index in [9.17, 15) is 0 Å². The first-order chi connectivity index (χ1) is 8.74. The van der Waals surface area contributed by atoms with Gasteiger partial charge in [-0.1, -0.05) is 28.4 Å². The molecule has 1 aromatic heterocycles. The summed E-state index contributed by atoms with van der Waals surface area (Å²) in [6.45, 7) is 1.94. The fourth-order valence-corrected chi connectivity index (χ4v) is 2.80. The third kappa shape index (κ3) is 2.23. The summed E-state index contributed by atoms with van der Waals surface area (Å²) in [5.74, 6) is 0. The summed E-state index contributed by atoms with van der Waals surface area (Å²) in [6.07, 6.45) is 2.81. The molecule has 1 aromatic carbocycles. The average molecular weight is 283 g/mol. The Bertz CT molecular complexity index is 541. The van der Waals surface area contributed by atoms with E-state index in [0.717, 1.165) is 30.8 Å². The molecule has 1 fully saturated rings. The van der Waals surface area contributed by atoms with Crippen molar-refractivity contribution in [1.82, 2.24) is 20.3 Å². The van der Waals surface area contributed by atoms with Gasteiger partial charge in [0.05, 0.1) is 17.9 Å². The normalized spacial score (nSPS) is 19.3. The lowest BCUT2D eigenvalue weighted by Crippen LogP contribution is -2.15. The van der Waals surface area contributed by atoms with Crippen LogP contribution in [0.4, 0.5) is 0 Å². The van der Waals surface area contributed by atoms with Crippen molar-refractivity contribution in [2.75, 3.05) is 13.1 Å². The second-order valence-corrected chi connectivity index (χ2v) is 5.24. The molecule has 6 heteroatoms. The van der Waals surface area contributed by atoms with Crippen LogP contribution in [-0.2, 0) is 0 Å². The SMILES string of the molecule is Clc1cc(Cl)cc(-c2cnnn2C2CCNC2)c1. The smallest absolute Gasteiger partial charge is 0.0890 e.